The average molecular weight is 363 g/mol. The van der Waals surface area contributed by atoms with Crippen LogP contribution in [0.4, 0.5) is 0 Å². The number of carbonyl (C=O) groups is 1. The third-order valence-electron chi connectivity index (χ3n) is 5.64. The lowest BCUT2D eigenvalue weighted by molar-refractivity contribution is -0.122. The zero-order chi connectivity index (χ0) is 18.7. The molecule has 1 amide bonds. The number of H-pyrrole nitrogens is 1. The molecule has 6 nitrogen and oxygen atoms in total. The Morgan fingerprint density at radius 2 is 2.15 bits per heavy atom. The Kier molecular flexibility index (Phi) is 4.93. The van der Waals surface area contributed by atoms with Crippen molar-refractivity contribution in [2.24, 2.45) is 10.2 Å². The minimum atomic E-state index is -0.382. The smallest absolute Gasteiger partial charge is 0.220 e. The van der Waals surface area contributed by atoms with Crippen molar-refractivity contribution in [1.82, 2.24) is 15.3 Å². The number of benzene rings is 1. The number of para-hydroxylation sites is 2. The van der Waals surface area contributed by atoms with Crippen LogP contribution >= 0.6 is 0 Å². The van der Waals surface area contributed by atoms with E-state index in [0.717, 1.165) is 49.0 Å². The van der Waals surface area contributed by atoms with E-state index in [2.05, 4.69) is 32.5 Å². The molecule has 1 fully saturated rings. The summed E-state index contributed by atoms with van der Waals surface area (Å²) in [5.74, 6) is 4.11. The van der Waals surface area contributed by atoms with Gasteiger partial charge < -0.3 is 10.3 Å². The minimum Gasteiger partial charge on any atom is -0.353 e. The molecule has 27 heavy (non-hydrogen) atoms. The first-order valence-electron chi connectivity index (χ1n) is 9.79. The Balaban J connectivity index is 1.29. The van der Waals surface area contributed by atoms with Gasteiger partial charge in [0.25, 0.3) is 0 Å². The number of imidazole rings is 1. The number of hydrogen-bond acceptors (Lipinski definition) is 4. The van der Waals surface area contributed by atoms with Crippen LogP contribution in [0.1, 0.15) is 63.1 Å². The summed E-state index contributed by atoms with van der Waals surface area (Å²) in [6.07, 6.45) is 12.0. The van der Waals surface area contributed by atoms with E-state index < -0.39 is 0 Å². The zero-order valence-corrected chi connectivity index (χ0v) is 15.4. The minimum absolute atomic E-state index is 0.0858. The number of rotatable bonds is 7. The molecule has 0 bridgehead atoms. The maximum absolute atomic E-state index is 12.4. The van der Waals surface area contributed by atoms with Gasteiger partial charge in [-0.15, -0.1) is 12.3 Å². The highest BCUT2D eigenvalue weighted by Crippen LogP contribution is 2.37. The first-order valence-corrected chi connectivity index (χ1v) is 9.79. The predicted molar refractivity (Wildman–Crippen MR) is 104 cm³/mol. The van der Waals surface area contributed by atoms with Crippen LogP contribution in [0.25, 0.3) is 11.0 Å². The van der Waals surface area contributed by atoms with Crippen LogP contribution in [0.15, 0.2) is 34.5 Å². The number of nitrogens with zero attached hydrogens (tertiary/aromatic N) is 3. The van der Waals surface area contributed by atoms with E-state index in [1.54, 1.807) is 0 Å². The lowest BCUT2D eigenvalue weighted by atomic mass is 9.85. The molecule has 2 atom stereocenters. The summed E-state index contributed by atoms with van der Waals surface area (Å²) in [6, 6.07) is 8.31. The molecule has 1 aromatic carbocycles. The summed E-state index contributed by atoms with van der Waals surface area (Å²) in [5, 5.41) is 11.4. The van der Waals surface area contributed by atoms with E-state index in [0.29, 0.717) is 25.2 Å². The molecular formula is C21H25N5O. The molecule has 1 saturated carbocycles. The summed E-state index contributed by atoms with van der Waals surface area (Å²) in [5.41, 5.74) is 1.70. The SMILES string of the molecule is C#CCCC1(CCC(=O)NC2CCCC(c3nc4ccccc4[nH]3)C2)N=N1. The lowest BCUT2D eigenvalue weighted by Gasteiger charge is -2.28. The molecule has 140 valence electrons. The highest BCUT2D eigenvalue weighted by Gasteiger charge is 2.39. The van der Waals surface area contributed by atoms with E-state index in [4.69, 9.17) is 11.4 Å². The van der Waals surface area contributed by atoms with Gasteiger partial charge in [-0.3, -0.25) is 4.79 Å². The van der Waals surface area contributed by atoms with E-state index in [9.17, 15) is 4.79 Å². The van der Waals surface area contributed by atoms with Crippen molar-refractivity contribution in [3.8, 4) is 12.3 Å². The van der Waals surface area contributed by atoms with Crippen molar-refractivity contribution < 1.29 is 4.79 Å². The normalized spacial score (nSPS) is 23.1. The fourth-order valence-electron chi connectivity index (χ4n) is 4.02. The fourth-order valence-corrected chi connectivity index (χ4v) is 4.02. The van der Waals surface area contributed by atoms with Gasteiger partial charge >= 0.3 is 0 Å². The molecule has 2 N–H and O–H groups in total. The van der Waals surface area contributed by atoms with Crippen molar-refractivity contribution in [3.63, 3.8) is 0 Å². The quantitative estimate of drug-likeness (QED) is 0.727. The summed E-state index contributed by atoms with van der Waals surface area (Å²) < 4.78 is 0. The first kappa shape index (κ1) is 17.7. The van der Waals surface area contributed by atoms with E-state index >= 15 is 0 Å². The van der Waals surface area contributed by atoms with Gasteiger partial charge in [-0.1, -0.05) is 18.6 Å². The van der Waals surface area contributed by atoms with Crippen molar-refractivity contribution in [3.05, 3.63) is 30.1 Å². The average Bonchev–Trinajstić information content (AvgIpc) is 3.33. The lowest BCUT2D eigenvalue weighted by Crippen LogP contribution is -2.38. The number of fused-ring (bicyclic) bond motifs is 1. The number of carbonyl (C=O) groups excluding carboxylic acids is 1. The van der Waals surface area contributed by atoms with Gasteiger partial charge in [-0.05, 0) is 31.4 Å². The third kappa shape index (κ3) is 4.19. The predicted octanol–water partition coefficient (Wildman–Crippen LogP) is 4.06. The number of nitrogens with one attached hydrogen (secondary N) is 2. The molecule has 2 aromatic rings. The topological polar surface area (TPSA) is 82.5 Å². The molecule has 1 aliphatic carbocycles. The Morgan fingerprint density at radius 3 is 2.93 bits per heavy atom. The number of terminal acetylenes is 1. The number of aromatic amines is 1. The van der Waals surface area contributed by atoms with Crippen molar-refractivity contribution >= 4 is 16.9 Å². The van der Waals surface area contributed by atoms with Crippen LogP contribution in [0, 0.1) is 12.3 Å². The zero-order valence-electron chi connectivity index (χ0n) is 15.4. The second-order valence-corrected chi connectivity index (χ2v) is 7.65. The summed E-state index contributed by atoms with van der Waals surface area (Å²) >= 11 is 0. The Labute approximate surface area is 159 Å². The van der Waals surface area contributed by atoms with E-state index in [1.165, 1.54) is 0 Å². The number of aromatic nitrogens is 2. The summed E-state index contributed by atoms with van der Waals surface area (Å²) in [6.45, 7) is 0. The maximum Gasteiger partial charge on any atom is 0.220 e. The van der Waals surface area contributed by atoms with Gasteiger partial charge in [0.2, 0.25) is 5.91 Å². The number of hydrogen-bond donors (Lipinski definition) is 2. The number of amides is 1. The molecule has 2 heterocycles. The summed E-state index contributed by atoms with van der Waals surface area (Å²) in [7, 11) is 0. The molecule has 0 radical (unpaired) electrons. The van der Waals surface area contributed by atoms with Gasteiger partial charge in [0.1, 0.15) is 5.82 Å². The fraction of sp³-hybridized carbons (Fsp3) is 0.524. The first-order chi connectivity index (χ1) is 13.2. The van der Waals surface area contributed by atoms with E-state index in [-0.39, 0.29) is 17.6 Å². The van der Waals surface area contributed by atoms with Crippen LogP contribution in [0.5, 0.6) is 0 Å². The molecule has 1 aliphatic heterocycles. The third-order valence-corrected chi connectivity index (χ3v) is 5.64. The largest absolute Gasteiger partial charge is 0.353 e. The van der Waals surface area contributed by atoms with Crippen LogP contribution in [0.2, 0.25) is 0 Å². The van der Waals surface area contributed by atoms with Gasteiger partial charge in [-0.2, -0.15) is 10.2 Å². The van der Waals surface area contributed by atoms with Crippen molar-refractivity contribution in [2.75, 3.05) is 0 Å². The van der Waals surface area contributed by atoms with E-state index in [1.807, 2.05) is 18.2 Å². The van der Waals surface area contributed by atoms with Gasteiger partial charge in [0.15, 0.2) is 5.66 Å². The molecule has 2 aliphatic rings. The monoisotopic (exact) mass is 363 g/mol. The van der Waals surface area contributed by atoms with Crippen molar-refractivity contribution in [1.29, 1.82) is 0 Å². The van der Waals surface area contributed by atoms with Gasteiger partial charge in [0.05, 0.1) is 11.0 Å². The molecular weight excluding hydrogens is 338 g/mol. The molecule has 6 heteroatoms. The molecule has 1 aromatic heterocycles. The van der Waals surface area contributed by atoms with Crippen LogP contribution < -0.4 is 5.32 Å². The van der Waals surface area contributed by atoms with Crippen LogP contribution in [0.3, 0.4) is 0 Å². The highest BCUT2D eigenvalue weighted by atomic mass is 16.1. The summed E-state index contributed by atoms with van der Waals surface area (Å²) in [4.78, 5) is 20.6. The molecule has 4 rings (SSSR count). The Hall–Kier alpha value is -2.68. The standard InChI is InChI=1S/C21H25N5O/c1-2-3-12-21(25-26-21)13-11-19(27)22-16-8-6-7-15(14-16)20-23-17-9-4-5-10-18(17)24-20/h1,4-5,9-10,15-16H,3,6-8,11-14H2,(H,22,27)(H,23,24). The molecule has 0 spiro atoms. The molecule has 0 saturated heterocycles. The second-order valence-electron chi connectivity index (χ2n) is 7.65. The van der Waals surface area contributed by atoms with Crippen LogP contribution in [-0.2, 0) is 4.79 Å². The second kappa shape index (κ2) is 7.51. The molecule has 2 unspecified atom stereocenters. The Morgan fingerprint density at radius 1 is 1.30 bits per heavy atom. The Bertz CT molecular complexity index is 854. The van der Waals surface area contributed by atoms with Crippen molar-refractivity contribution in [2.45, 2.75) is 69.0 Å². The van der Waals surface area contributed by atoms with Gasteiger partial charge in [0, 0.05) is 37.6 Å². The maximum atomic E-state index is 12.4. The van der Waals surface area contributed by atoms with Gasteiger partial charge in [-0.25, -0.2) is 4.98 Å². The van der Waals surface area contributed by atoms with Crippen LogP contribution in [-0.4, -0.2) is 27.6 Å². The highest BCUT2D eigenvalue weighted by molar-refractivity contribution is 5.76.